The lowest BCUT2D eigenvalue weighted by atomic mass is 10.1. The van der Waals surface area contributed by atoms with Crippen molar-refractivity contribution in [2.45, 2.75) is 19.5 Å². The Hall–Kier alpha value is -4.05. The first-order valence-corrected chi connectivity index (χ1v) is 13.4. The molecule has 10 heteroatoms. The van der Waals surface area contributed by atoms with E-state index in [1.54, 1.807) is 74.7 Å². The normalized spacial score (nSPS) is 11.8. The fourth-order valence-electron chi connectivity index (χ4n) is 3.64. The highest BCUT2D eigenvalue weighted by Crippen LogP contribution is 2.26. The SMILES string of the molecule is CNC(=O)[C@@H](C)N(Cc1ccc(OC)cc1)C(=O)CN(c1ccc(Oc2ccccc2)cc1)S(C)(=O)=O. The molecule has 3 rings (SSSR count). The van der Waals surface area contributed by atoms with Crippen LogP contribution in [0.3, 0.4) is 0 Å². The predicted octanol–water partition coefficient (Wildman–Crippen LogP) is 3.42. The first-order chi connectivity index (χ1) is 17.6. The van der Waals surface area contributed by atoms with Gasteiger partial charge in [0.05, 0.1) is 19.1 Å². The van der Waals surface area contributed by atoms with Crippen LogP contribution < -0.4 is 19.1 Å². The number of nitrogens with zero attached hydrogens (tertiary/aromatic N) is 2. The molecule has 9 nitrogen and oxygen atoms in total. The van der Waals surface area contributed by atoms with E-state index in [2.05, 4.69) is 5.32 Å². The fraction of sp³-hybridized carbons (Fsp3) is 0.259. The molecule has 0 spiro atoms. The van der Waals surface area contributed by atoms with E-state index in [1.165, 1.54) is 11.9 Å². The first-order valence-electron chi connectivity index (χ1n) is 11.6. The van der Waals surface area contributed by atoms with Crippen LogP contribution in [0.4, 0.5) is 5.69 Å². The molecular weight excluding hydrogens is 494 g/mol. The van der Waals surface area contributed by atoms with Crippen molar-refractivity contribution in [2.24, 2.45) is 0 Å². The zero-order chi connectivity index (χ0) is 27.0. The Bertz CT molecular complexity index is 1300. The van der Waals surface area contributed by atoms with Crippen LogP contribution >= 0.6 is 0 Å². The Kier molecular flexibility index (Phi) is 9.13. The molecule has 0 unspecified atom stereocenters. The number of nitrogens with one attached hydrogen (secondary N) is 1. The molecular formula is C27H31N3O6S. The quantitative estimate of drug-likeness (QED) is 0.411. The van der Waals surface area contributed by atoms with Crippen molar-refractivity contribution in [1.82, 2.24) is 10.2 Å². The minimum Gasteiger partial charge on any atom is -0.497 e. The number of anilines is 1. The van der Waals surface area contributed by atoms with Crippen LogP contribution in [0.25, 0.3) is 0 Å². The summed E-state index contributed by atoms with van der Waals surface area (Å²) in [5, 5.41) is 2.55. The van der Waals surface area contributed by atoms with E-state index in [9.17, 15) is 18.0 Å². The molecule has 0 radical (unpaired) electrons. The van der Waals surface area contributed by atoms with E-state index >= 15 is 0 Å². The number of carbonyl (C=O) groups is 2. The van der Waals surface area contributed by atoms with Gasteiger partial charge in [0.1, 0.15) is 29.8 Å². The van der Waals surface area contributed by atoms with Gasteiger partial charge in [0.25, 0.3) is 0 Å². The number of likely N-dealkylation sites (N-methyl/N-ethyl adjacent to an activating group) is 1. The topological polar surface area (TPSA) is 105 Å². The second-order valence-electron chi connectivity index (χ2n) is 8.34. The van der Waals surface area contributed by atoms with E-state index in [0.29, 0.717) is 22.9 Å². The molecule has 0 saturated heterocycles. The molecule has 1 atom stereocenters. The predicted molar refractivity (Wildman–Crippen MR) is 142 cm³/mol. The van der Waals surface area contributed by atoms with Gasteiger partial charge in [-0.1, -0.05) is 30.3 Å². The summed E-state index contributed by atoms with van der Waals surface area (Å²) < 4.78 is 37.3. The monoisotopic (exact) mass is 525 g/mol. The third-order valence-corrected chi connectivity index (χ3v) is 6.85. The summed E-state index contributed by atoms with van der Waals surface area (Å²) in [6.07, 6.45) is 1.03. The number of para-hydroxylation sites is 1. The highest BCUT2D eigenvalue weighted by atomic mass is 32.2. The van der Waals surface area contributed by atoms with Crippen molar-refractivity contribution >= 4 is 27.5 Å². The van der Waals surface area contributed by atoms with Gasteiger partial charge in [0.2, 0.25) is 21.8 Å². The van der Waals surface area contributed by atoms with Crippen molar-refractivity contribution in [3.8, 4) is 17.2 Å². The smallest absolute Gasteiger partial charge is 0.244 e. The van der Waals surface area contributed by atoms with Crippen LogP contribution in [0.2, 0.25) is 0 Å². The highest BCUT2D eigenvalue weighted by Gasteiger charge is 2.29. The third-order valence-electron chi connectivity index (χ3n) is 5.71. The van der Waals surface area contributed by atoms with Crippen molar-refractivity contribution in [3.05, 3.63) is 84.4 Å². The van der Waals surface area contributed by atoms with E-state index in [0.717, 1.165) is 16.1 Å². The molecule has 0 heterocycles. The maximum absolute atomic E-state index is 13.5. The molecule has 0 aliphatic carbocycles. The maximum Gasteiger partial charge on any atom is 0.244 e. The van der Waals surface area contributed by atoms with Crippen LogP contribution in [0.15, 0.2) is 78.9 Å². The molecule has 0 aromatic heterocycles. The Balaban J connectivity index is 1.84. The summed E-state index contributed by atoms with van der Waals surface area (Å²) in [6.45, 7) is 1.23. The van der Waals surface area contributed by atoms with Crippen LogP contribution in [-0.2, 0) is 26.2 Å². The number of ether oxygens (including phenoxy) is 2. The molecule has 0 aliphatic rings. The van der Waals surface area contributed by atoms with Crippen LogP contribution in [0.1, 0.15) is 12.5 Å². The number of amides is 2. The number of benzene rings is 3. The van der Waals surface area contributed by atoms with Crippen molar-refractivity contribution < 1.29 is 27.5 Å². The molecule has 0 saturated carbocycles. The van der Waals surface area contributed by atoms with Gasteiger partial charge in [-0.2, -0.15) is 0 Å². The molecule has 0 aliphatic heterocycles. The van der Waals surface area contributed by atoms with E-state index < -0.39 is 28.5 Å². The molecule has 3 aromatic rings. The van der Waals surface area contributed by atoms with Crippen LogP contribution in [0.5, 0.6) is 17.2 Å². The van der Waals surface area contributed by atoms with Crippen LogP contribution in [0, 0.1) is 0 Å². The van der Waals surface area contributed by atoms with Gasteiger partial charge < -0.3 is 19.7 Å². The number of hydrogen-bond donors (Lipinski definition) is 1. The standard InChI is InChI=1S/C27H31N3O6S/c1-20(27(32)28-2)29(18-21-10-14-23(35-3)15-11-21)26(31)19-30(37(4,33)34)22-12-16-25(17-13-22)36-24-8-6-5-7-9-24/h5-17,20H,18-19H2,1-4H3,(H,28,32)/t20-/m1/s1. The van der Waals surface area contributed by atoms with Crippen molar-refractivity contribution in [1.29, 1.82) is 0 Å². The summed E-state index contributed by atoms with van der Waals surface area (Å²) >= 11 is 0. The average molecular weight is 526 g/mol. The van der Waals surface area contributed by atoms with E-state index in [-0.39, 0.29) is 12.5 Å². The fourth-order valence-corrected chi connectivity index (χ4v) is 4.49. The minimum atomic E-state index is -3.82. The Labute approximate surface area is 217 Å². The summed E-state index contributed by atoms with van der Waals surface area (Å²) in [5.41, 5.74) is 1.06. The molecule has 1 N–H and O–H groups in total. The number of hydrogen-bond acceptors (Lipinski definition) is 6. The number of sulfonamides is 1. The second kappa shape index (κ2) is 12.3. The Morgan fingerprint density at radius 1 is 0.892 bits per heavy atom. The van der Waals surface area contributed by atoms with Gasteiger partial charge in [-0.25, -0.2) is 8.42 Å². The average Bonchev–Trinajstić information content (AvgIpc) is 2.90. The summed E-state index contributed by atoms with van der Waals surface area (Å²) in [4.78, 5) is 27.2. The Morgan fingerprint density at radius 3 is 2.00 bits per heavy atom. The Morgan fingerprint density at radius 2 is 1.46 bits per heavy atom. The molecule has 0 fully saturated rings. The largest absolute Gasteiger partial charge is 0.497 e. The van der Waals surface area contributed by atoms with Gasteiger partial charge in [0.15, 0.2) is 0 Å². The van der Waals surface area contributed by atoms with E-state index in [1.807, 2.05) is 18.2 Å². The lowest BCUT2D eigenvalue weighted by Crippen LogP contribution is -2.50. The maximum atomic E-state index is 13.5. The molecule has 3 aromatic carbocycles. The van der Waals surface area contributed by atoms with Crippen LogP contribution in [-0.4, -0.2) is 58.1 Å². The van der Waals surface area contributed by atoms with Gasteiger partial charge in [-0.05, 0) is 61.0 Å². The first kappa shape index (κ1) is 27.5. The van der Waals surface area contributed by atoms with Crippen molar-refractivity contribution in [3.63, 3.8) is 0 Å². The number of methoxy groups -OCH3 is 1. The van der Waals surface area contributed by atoms with E-state index in [4.69, 9.17) is 9.47 Å². The molecule has 0 bridgehead atoms. The highest BCUT2D eigenvalue weighted by molar-refractivity contribution is 7.92. The summed E-state index contributed by atoms with van der Waals surface area (Å²) in [6, 6.07) is 21.8. The lowest BCUT2D eigenvalue weighted by molar-refractivity contribution is -0.139. The zero-order valence-corrected chi connectivity index (χ0v) is 22.1. The summed E-state index contributed by atoms with van der Waals surface area (Å²) in [5.74, 6) is 0.924. The zero-order valence-electron chi connectivity index (χ0n) is 21.2. The molecule has 37 heavy (non-hydrogen) atoms. The third kappa shape index (κ3) is 7.47. The second-order valence-corrected chi connectivity index (χ2v) is 10.2. The van der Waals surface area contributed by atoms with Gasteiger partial charge in [-0.15, -0.1) is 0 Å². The molecule has 2 amide bonds. The number of carbonyl (C=O) groups excluding carboxylic acids is 2. The minimum absolute atomic E-state index is 0.110. The van der Waals surface area contributed by atoms with Crippen molar-refractivity contribution in [2.75, 3.05) is 31.3 Å². The molecule has 196 valence electrons. The number of rotatable bonds is 11. The van der Waals surface area contributed by atoms with Gasteiger partial charge in [0, 0.05) is 13.6 Å². The van der Waals surface area contributed by atoms with Gasteiger partial charge >= 0.3 is 0 Å². The lowest BCUT2D eigenvalue weighted by Gasteiger charge is -2.31. The van der Waals surface area contributed by atoms with Gasteiger partial charge in [-0.3, -0.25) is 13.9 Å². The summed E-state index contributed by atoms with van der Waals surface area (Å²) in [7, 11) is -0.787.